The SMILES string of the molecule is Fc1cc(F)cc(-c2cc(CNC3CC3)[nH]n2)c1. The van der Waals surface area contributed by atoms with Crippen molar-refractivity contribution in [2.75, 3.05) is 0 Å². The Morgan fingerprint density at radius 1 is 1.17 bits per heavy atom. The second kappa shape index (κ2) is 4.49. The van der Waals surface area contributed by atoms with E-state index < -0.39 is 11.6 Å². The largest absolute Gasteiger partial charge is 0.308 e. The van der Waals surface area contributed by atoms with Crippen LogP contribution in [0.3, 0.4) is 0 Å². The highest BCUT2D eigenvalue weighted by molar-refractivity contribution is 5.59. The molecule has 1 fully saturated rings. The number of H-pyrrole nitrogens is 1. The van der Waals surface area contributed by atoms with Crippen molar-refractivity contribution in [3.05, 3.63) is 41.6 Å². The molecule has 1 aromatic heterocycles. The van der Waals surface area contributed by atoms with Crippen LogP contribution in [0.4, 0.5) is 8.78 Å². The number of benzene rings is 1. The topological polar surface area (TPSA) is 40.7 Å². The molecule has 1 aromatic carbocycles. The number of halogens is 2. The first-order valence-corrected chi connectivity index (χ1v) is 5.95. The first kappa shape index (κ1) is 11.3. The number of nitrogens with zero attached hydrogens (tertiary/aromatic N) is 1. The summed E-state index contributed by atoms with van der Waals surface area (Å²) in [5.41, 5.74) is 1.92. The van der Waals surface area contributed by atoms with Crippen molar-refractivity contribution in [3.63, 3.8) is 0 Å². The van der Waals surface area contributed by atoms with Gasteiger partial charge in [0.2, 0.25) is 0 Å². The predicted octanol–water partition coefficient (Wildman–Crippen LogP) is 2.61. The quantitative estimate of drug-likeness (QED) is 0.874. The molecule has 0 amide bonds. The lowest BCUT2D eigenvalue weighted by Crippen LogP contribution is -2.15. The van der Waals surface area contributed by atoms with Crippen LogP contribution < -0.4 is 5.32 Å². The Balaban J connectivity index is 1.78. The summed E-state index contributed by atoms with van der Waals surface area (Å²) in [5.74, 6) is -1.18. The van der Waals surface area contributed by atoms with Gasteiger partial charge in [-0.1, -0.05) is 0 Å². The van der Waals surface area contributed by atoms with E-state index in [1.807, 2.05) is 6.07 Å². The van der Waals surface area contributed by atoms with Crippen LogP contribution in [0.15, 0.2) is 24.3 Å². The third-order valence-electron chi connectivity index (χ3n) is 2.95. The maximum atomic E-state index is 13.1. The molecule has 3 nitrogen and oxygen atoms in total. The third kappa shape index (κ3) is 2.56. The molecule has 0 unspecified atom stereocenters. The van der Waals surface area contributed by atoms with Gasteiger partial charge in [-0.05, 0) is 31.0 Å². The van der Waals surface area contributed by atoms with Gasteiger partial charge in [0.05, 0.1) is 5.69 Å². The Morgan fingerprint density at radius 2 is 1.89 bits per heavy atom. The van der Waals surface area contributed by atoms with E-state index in [2.05, 4.69) is 15.5 Å². The molecule has 0 spiro atoms. The van der Waals surface area contributed by atoms with Crippen molar-refractivity contribution in [2.24, 2.45) is 0 Å². The second-order valence-corrected chi connectivity index (χ2v) is 4.59. The van der Waals surface area contributed by atoms with Gasteiger partial charge in [-0.2, -0.15) is 5.10 Å². The molecule has 18 heavy (non-hydrogen) atoms. The fraction of sp³-hybridized carbons (Fsp3) is 0.308. The van der Waals surface area contributed by atoms with Crippen molar-refractivity contribution >= 4 is 0 Å². The summed E-state index contributed by atoms with van der Waals surface area (Å²) in [6, 6.07) is 5.83. The molecule has 1 aliphatic rings. The van der Waals surface area contributed by atoms with E-state index in [1.165, 1.54) is 25.0 Å². The van der Waals surface area contributed by atoms with Crippen LogP contribution in [0.2, 0.25) is 0 Å². The molecular weight excluding hydrogens is 236 g/mol. The number of aromatic nitrogens is 2. The zero-order valence-corrected chi connectivity index (χ0v) is 9.71. The summed E-state index contributed by atoms with van der Waals surface area (Å²) >= 11 is 0. The Bertz CT molecular complexity index is 541. The van der Waals surface area contributed by atoms with Crippen LogP contribution >= 0.6 is 0 Å². The van der Waals surface area contributed by atoms with Crippen LogP contribution in [0.1, 0.15) is 18.5 Å². The second-order valence-electron chi connectivity index (χ2n) is 4.59. The average Bonchev–Trinajstić information content (AvgIpc) is 3.02. The van der Waals surface area contributed by atoms with Gasteiger partial charge in [-0.3, -0.25) is 5.10 Å². The number of nitrogens with one attached hydrogen (secondary N) is 2. The number of hydrogen-bond donors (Lipinski definition) is 2. The minimum atomic E-state index is -0.592. The zero-order valence-electron chi connectivity index (χ0n) is 9.71. The van der Waals surface area contributed by atoms with Crippen LogP contribution in [0.5, 0.6) is 0 Å². The van der Waals surface area contributed by atoms with Crippen LogP contribution in [0, 0.1) is 11.6 Å². The molecule has 0 aliphatic heterocycles. The van der Waals surface area contributed by atoms with Crippen molar-refractivity contribution in [1.29, 1.82) is 0 Å². The summed E-state index contributed by atoms with van der Waals surface area (Å²) in [7, 11) is 0. The lowest BCUT2D eigenvalue weighted by molar-refractivity contribution is 0.584. The highest BCUT2D eigenvalue weighted by atomic mass is 19.1. The summed E-state index contributed by atoms with van der Waals surface area (Å²) in [5, 5.41) is 10.3. The predicted molar refractivity (Wildman–Crippen MR) is 63.8 cm³/mol. The molecule has 0 radical (unpaired) electrons. The zero-order chi connectivity index (χ0) is 12.5. The van der Waals surface area contributed by atoms with Gasteiger partial charge < -0.3 is 5.32 Å². The highest BCUT2D eigenvalue weighted by Crippen LogP contribution is 2.22. The van der Waals surface area contributed by atoms with Gasteiger partial charge in [0.15, 0.2) is 0 Å². The molecule has 94 valence electrons. The molecule has 1 saturated carbocycles. The van der Waals surface area contributed by atoms with E-state index in [0.717, 1.165) is 11.8 Å². The lowest BCUT2D eigenvalue weighted by Gasteiger charge is -1.98. The summed E-state index contributed by atoms with van der Waals surface area (Å²) in [4.78, 5) is 0. The monoisotopic (exact) mass is 249 g/mol. The van der Waals surface area contributed by atoms with Crippen LogP contribution in [-0.4, -0.2) is 16.2 Å². The Labute approximate surface area is 103 Å². The van der Waals surface area contributed by atoms with Gasteiger partial charge in [-0.25, -0.2) is 8.78 Å². The van der Waals surface area contributed by atoms with Crippen molar-refractivity contribution in [1.82, 2.24) is 15.5 Å². The molecule has 1 aliphatic carbocycles. The van der Waals surface area contributed by atoms with E-state index in [0.29, 0.717) is 23.8 Å². The summed E-state index contributed by atoms with van der Waals surface area (Å²) in [6.07, 6.45) is 2.44. The van der Waals surface area contributed by atoms with Gasteiger partial charge >= 0.3 is 0 Å². The van der Waals surface area contributed by atoms with Crippen molar-refractivity contribution < 1.29 is 8.78 Å². The summed E-state index contributed by atoms with van der Waals surface area (Å²) in [6.45, 7) is 0.704. The molecule has 5 heteroatoms. The highest BCUT2D eigenvalue weighted by Gasteiger charge is 2.20. The molecule has 0 bridgehead atoms. The van der Waals surface area contributed by atoms with Crippen LogP contribution in [0.25, 0.3) is 11.3 Å². The molecule has 0 atom stereocenters. The molecule has 1 heterocycles. The van der Waals surface area contributed by atoms with E-state index in [-0.39, 0.29) is 0 Å². The van der Waals surface area contributed by atoms with E-state index in [4.69, 9.17) is 0 Å². The minimum absolute atomic E-state index is 0.446. The lowest BCUT2D eigenvalue weighted by atomic mass is 10.1. The van der Waals surface area contributed by atoms with Gasteiger partial charge in [0.25, 0.3) is 0 Å². The van der Waals surface area contributed by atoms with E-state index in [9.17, 15) is 8.78 Å². The fourth-order valence-electron chi connectivity index (χ4n) is 1.84. The molecular formula is C13H13F2N3. The molecule has 2 aromatic rings. The normalized spacial score (nSPS) is 15.0. The maximum Gasteiger partial charge on any atom is 0.126 e. The standard InChI is InChI=1S/C13H13F2N3/c14-9-3-8(4-10(15)5-9)13-6-12(17-18-13)7-16-11-1-2-11/h3-6,11,16H,1-2,7H2,(H,17,18). The number of aromatic amines is 1. The Hall–Kier alpha value is -1.75. The first-order valence-electron chi connectivity index (χ1n) is 5.95. The van der Waals surface area contributed by atoms with Gasteiger partial charge in [-0.15, -0.1) is 0 Å². The molecule has 0 saturated heterocycles. The van der Waals surface area contributed by atoms with Gasteiger partial charge in [0, 0.05) is 29.9 Å². The molecule has 3 rings (SSSR count). The Morgan fingerprint density at radius 3 is 2.56 bits per heavy atom. The van der Waals surface area contributed by atoms with Crippen molar-refractivity contribution in [2.45, 2.75) is 25.4 Å². The van der Waals surface area contributed by atoms with Gasteiger partial charge in [0.1, 0.15) is 11.6 Å². The van der Waals surface area contributed by atoms with Crippen LogP contribution in [-0.2, 0) is 6.54 Å². The Kier molecular flexibility index (Phi) is 2.83. The summed E-state index contributed by atoms with van der Waals surface area (Å²) < 4.78 is 26.2. The smallest absolute Gasteiger partial charge is 0.126 e. The molecule has 2 N–H and O–H groups in total. The number of hydrogen-bond acceptors (Lipinski definition) is 2. The average molecular weight is 249 g/mol. The minimum Gasteiger partial charge on any atom is -0.308 e. The third-order valence-corrected chi connectivity index (χ3v) is 2.95. The van der Waals surface area contributed by atoms with E-state index in [1.54, 1.807) is 0 Å². The fourth-order valence-corrected chi connectivity index (χ4v) is 1.84. The maximum absolute atomic E-state index is 13.1. The van der Waals surface area contributed by atoms with Crippen molar-refractivity contribution in [3.8, 4) is 11.3 Å². The first-order chi connectivity index (χ1) is 8.70. The van der Waals surface area contributed by atoms with E-state index >= 15 is 0 Å². The number of rotatable bonds is 4.